The Morgan fingerprint density at radius 3 is 2.44 bits per heavy atom. The maximum atomic E-state index is 12.7. The number of piperidine rings is 1. The van der Waals surface area contributed by atoms with Crippen molar-refractivity contribution in [3.8, 4) is 0 Å². The lowest BCUT2D eigenvalue weighted by atomic mass is 9.97. The van der Waals surface area contributed by atoms with Crippen LogP contribution in [0, 0.1) is 11.8 Å². The number of hydrogen-bond donors (Lipinski definition) is 2. The maximum Gasteiger partial charge on any atom is 0.326 e. The van der Waals surface area contributed by atoms with Gasteiger partial charge in [0.25, 0.3) is 0 Å². The average Bonchev–Trinajstić information content (AvgIpc) is 2.59. The summed E-state index contributed by atoms with van der Waals surface area (Å²) in [4.78, 5) is 23.9. The Morgan fingerprint density at radius 1 is 1.24 bits per heavy atom. The van der Waals surface area contributed by atoms with E-state index >= 15 is 0 Å². The highest BCUT2D eigenvalue weighted by Crippen LogP contribution is 2.24. The van der Waals surface area contributed by atoms with Crippen LogP contribution >= 0.6 is 0 Å². The van der Waals surface area contributed by atoms with Gasteiger partial charge < -0.3 is 10.4 Å². The number of hydrogen-bond acceptors (Lipinski definition) is 4. The van der Waals surface area contributed by atoms with Crippen LogP contribution in [0.15, 0.2) is 35.2 Å². The molecule has 1 aromatic carbocycles. The molecule has 1 fully saturated rings. The molecule has 1 aliphatic heterocycles. The Bertz CT molecular complexity index is 718. The van der Waals surface area contributed by atoms with E-state index in [1.807, 2.05) is 0 Å². The van der Waals surface area contributed by atoms with Crippen molar-refractivity contribution in [2.45, 2.75) is 37.6 Å². The smallest absolute Gasteiger partial charge is 0.326 e. The Balaban J connectivity index is 2.10. The average molecular weight is 368 g/mol. The second kappa shape index (κ2) is 7.97. The molecule has 0 aromatic heterocycles. The van der Waals surface area contributed by atoms with E-state index in [-0.39, 0.29) is 17.4 Å². The minimum atomic E-state index is -3.65. The van der Waals surface area contributed by atoms with Crippen molar-refractivity contribution in [1.29, 1.82) is 0 Å². The summed E-state index contributed by atoms with van der Waals surface area (Å²) < 4.78 is 26.7. The Labute approximate surface area is 148 Å². The summed E-state index contributed by atoms with van der Waals surface area (Å²) in [6, 6.07) is 7.12. The summed E-state index contributed by atoms with van der Waals surface area (Å²) in [6.45, 7) is 3.85. The minimum absolute atomic E-state index is 0.0630. The standard InChI is InChI=1S/C17H24N2O5S/c1-12(2)15(17(21)22)18-16(20)13-7-6-10-19(11-13)25(23,24)14-8-4-3-5-9-14/h3-5,8-9,12-13,15H,6-7,10-11H2,1-2H3,(H,18,20)(H,21,22)/t13-,15+/m1/s1. The fourth-order valence-corrected chi connectivity index (χ4v) is 4.45. The van der Waals surface area contributed by atoms with Crippen molar-refractivity contribution in [2.24, 2.45) is 11.8 Å². The molecule has 1 aromatic rings. The number of amides is 1. The molecule has 0 aliphatic carbocycles. The van der Waals surface area contributed by atoms with Crippen molar-refractivity contribution in [2.75, 3.05) is 13.1 Å². The number of sulfonamides is 1. The van der Waals surface area contributed by atoms with Gasteiger partial charge in [0.15, 0.2) is 0 Å². The highest BCUT2D eigenvalue weighted by Gasteiger charge is 2.35. The molecule has 8 heteroatoms. The van der Waals surface area contributed by atoms with Gasteiger partial charge in [-0.15, -0.1) is 0 Å². The molecule has 25 heavy (non-hydrogen) atoms. The fraction of sp³-hybridized carbons (Fsp3) is 0.529. The van der Waals surface area contributed by atoms with Crippen LogP contribution in [-0.4, -0.2) is 48.8 Å². The number of rotatable bonds is 6. The van der Waals surface area contributed by atoms with Crippen LogP contribution < -0.4 is 5.32 Å². The summed E-state index contributed by atoms with van der Waals surface area (Å²) >= 11 is 0. The number of carboxylic acids is 1. The van der Waals surface area contributed by atoms with Gasteiger partial charge in [-0.25, -0.2) is 13.2 Å². The van der Waals surface area contributed by atoms with E-state index in [1.54, 1.807) is 32.0 Å². The predicted octanol–water partition coefficient (Wildman–Crippen LogP) is 1.31. The van der Waals surface area contributed by atoms with Crippen LogP contribution in [0.4, 0.5) is 0 Å². The molecule has 0 unspecified atom stereocenters. The number of carbonyl (C=O) groups excluding carboxylic acids is 1. The van der Waals surface area contributed by atoms with Gasteiger partial charge in [-0.05, 0) is 30.9 Å². The molecule has 1 heterocycles. The zero-order valence-corrected chi connectivity index (χ0v) is 15.2. The van der Waals surface area contributed by atoms with E-state index in [4.69, 9.17) is 0 Å². The molecular formula is C17H24N2O5S. The summed E-state index contributed by atoms with van der Waals surface area (Å²) in [5, 5.41) is 11.7. The number of aliphatic carboxylic acids is 1. The van der Waals surface area contributed by atoms with E-state index in [1.165, 1.54) is 16.4 Å². The monoisotopic (exact) mass is 368 g/mol. The number of carbonyl (C=O) groups is 2. The van der Waals surface area contributed by atoms with Gasteiger partial charge in [0.05, 0.1) is 10.8 Å². The Morgan fingerprint density at radius 2 is 1.88 bits per heavy atom. The summed E-state index contributed by atoms with van der Waals surface area (Å²) in [6.07, 6.45) is 1.10. The highest BCUT2D eigenvalue weighted by atomic mass is 32.2. The van der Waals surface area contributed by atoms with Gasteiger partial charge >= 0.3 is 5.97 Å². The van der Waals surface area contributed by atoms with Crippen LogP contribution in [0.5, 0.6) is 0 Å². The largest absolute Gasteiger partial charge is 0.480 e. The molecule has 138 valence electrons. The van der Waals surface area contributed by atoms with E-state index in [9.17, 15) is 23.1 Å². The molecule has 2 rings (SSSR count). The predicted molar refractivity (Wildman–Crippen MR) is 92.3 cm³/mol. The summed E-state index contributed by atoms with van der Waals surface area (Å²) in [5.41, 5.74) is 0. The normalized spacial score (nSPS) is 20.2. The molecular weight excluding hydrogens is 344 g/mol. The Kier molecular flexibility index (Phi) is 6.18. The fourth-order valence-electron chi connectivity index (χ4n) is 2.90. The van der Waals surface area contributed by atoms with Crippen LogP contribution in [-0.2, 0) is 19.6 Å². The van der Waals surface area contributed by atoms with Crippen LogP contribution in [0.3, 0.4) is 0 Å². The summed E-state index contributed by atoms with van der Waals surface area (Å²) in [5.74, 6) is -2.30. The lowest BCUT2D eigenvalue weighted by molar-refractivity contribution is -0.144. The second-order valence-corrected chi connectivity index (χ2v) is 8.52. The van der Waals surface area contributed by atoms with Gasteiger partial charge in [-0.2, -0.15) is 4.31 Å². The molecule has 2 N–H and O–H groups in total. The van der Waals surface area contributed by atoms with Crippen molar-refractivity contribution >= 4 is 21.9 Å². The number of nitrogens with one attached hydrogen (secondary N) is 1. The van der Waals surface area contributed by atoms with E-state index < -0.39 is 33.9 Å². The molecule has 0 spiro atoms. The van der Waals surface area contributed by atoms with Gasteiger partial charge in [-0.3, -0.25) is 4.79 Å². The van der Waals surface area contributed by atoms with Gasteiger partial charge in [0, 0.05) is 13.1 Å². The third-order valence-corrected chi connectivity index (χ3v) is 6.25. The van der Waals surface area contributed by atoms with Crippen molar-refractivity contribution < 1.29 is 23.1 Å². The summed E-state index contributed by atoms with van der Waals surface area (Å²) in [7, 11) is -3.65. The lowest BCUT2D eigenvalue weighted by Crippen LogP contribution is -2.50. The van der Waals surface area contributed by atoms with Gasteiger partial charge in [0.2, 0.25) is 15.9 Å². The number of carboxylic acid groups (broad SMARTS) is 1. The van der Waals surface area contributed by atoms with Gasteiger partial charge in [0.1, 0.15) is 6.04 Å². The first kappa shape index (κ1) is 19.4. The van der Waals surface area contributed by atoms with E-state index in [0.29, 0.717) is 19.4 Å². The molecule has 0 radical (unpaired) electrons. The van der Waals surface area contributed by atoms with Crippen LogP contribution in [0.1, 0.15) is 26.7 Å². The molecule has 0 saturated carbocycles. The molecule has 0 bridgehead atoms. The van der Waals surface area contributed by atoms with Crippen LogP contribution in [0.2, 0.25) is 0 Å². The minimum Gasteiger partial charge on any atom is -0.480 e. The topological polar surface area (TPSA) is 104 Å². The Hall–Kier alpha value is -1.93. The molecule has 1 aliphatic rings. The first-order valence-electron chi connectivity index (χ1n) is 8.32. The molecule has 1 saturated heterocycles. The molecule has 7 nitrogen and oxygen atoms in total. The van der Waals surface area contributed by atoms with Crippen LogP contribution in [0.25, 0.3) is 0 Å². The number of nitrogens with zero attached hydrogens (tertiary/aromatic N) is 1. The first-order chi connectivity index (χ1) is 11.7. The lowest BCUT2D eigenvalue weighted by Gasteiger charge is -2.32. The second-order valence-electron chi connectivity index (χ2n) is 6.58. The molecule has 1 amide bonds. The SMILES string of the molecule is CC(C)[C@H](NC(=O)[C@@H]1CCCN(S(=O)(=O)c2ccccc2)C1)C(=O)O. The van der Waals surface area contributed by atoms with E-state index in [0.717, 1.165) is 0 Å². The maximum absolute atomic E-state index is 12.7. The number of benzene rings is 1. The van der Waals surface area contributed by atoms with Gasteiger partial charge in [-0.1, -0.05) is 32.0 Å². The highest BCUT2D eigenvalue weighted by molar-refractivity contribution is 7.89. The van der Waals surface area contributed by atoms with Crippen molar-refractivity contribution in [3.63, 3.8) is 0 Å². The quantitative estimate of drug-likeness (QED) is 0.788. The third-order valence-electron chi connectivity index (χ3n) is 4.37. The zero-order chi connectivity index (χ0) is 18.6. The zero-order valence-electron chi connectivity index (χ0n) is 14.4. The van der Waals surface area contributed by atoms with Crippen molar-refractivity contribution in [3.05, 3.63) is 30.3 Å². The molecule has 2 atom stereocenters. The van der Waals surface area contributed by atoms with E-state index in [2.05, 4.69) is 5.32 Å². The van der Waals surface area contributed by atoms with Crippen molar-refractivity contribution in [1.82, 2.24) is 9.62 Å². The first-order valence-corrected chi connectivity index (χ1v) is 9.76. The third kappa shape index (κ3) is 4.58.